The fraction of sp³-hybridized carbons (Fsp3) is 0.545. The quantitative estimate of drug-likeness (QED) is 0.807. The Balaban J connectivity index is 2.93. The van der Waals surface area contributed by atoms with Crippen molar-refractivity contribution in [3.8, 4) is 6.07 Å². The molecule has 1 aromatic rings. The molecular weight excluding hydrogens is 218 g/mol. The molecule has 1 rings (SSSR count). The van der Waals surface area contributed by atoms with Gasteiger partial charge in [-0.1, -0.05) is 0 Å². The molecule has 0 atom stereocenters. The van der Waals surface area contributed by atoms with Gasteiger partial charge in [-0.3, -0.25) is 9.48 Å². The van der Waals surface area contributed by atoms with Gasteiger partial charge < -0.3 is 10.2 Å². The summed E-state index contributed by atoms with van der Waals surface area (Å²) in [5.74, 6) is 0.592. The summed E-state index contributed by atoms with van der Waals surface area (Å²) in [6.07, 6.45) is 0. The maximum absolute atomic E-state index is 11.5. The summed E-state index contributed by atoms with van der Waals surface area (Å²) in [6, 6.07) is 2.11. The minimum Gasteiger partial charge on any atom is -0.355 e. The van der Waals surface area contributed by atoms with Gasteiger partial charge in [0.1, 0.15) is 17.5 Å². The van der Waals surface area contributed by atoms with Crippen LogP contribution in [0.3, 0.4) is 0 Å². The summed E-state index contributed by atoms with van der Waals surface area (Å²) >= 11 is 0. The minimum absolute atomic E-state index is 0.0715. The first-order valence-electron chi connectivity index (χ1n) is 5.42. The molecule has 1 N–H and O–H groups in total. The first-order valence-corrected chi connectivity index (χ1v) is 5.42. The second kappa shape index (κ2) is 5.34. The van der Waals surface area contributed by atoms with Gasteiger partial charge in [0.2, 0.25) is 5.91 Å². The topological polar surface area (TPSA) is 74.0 Å². The number of hydrogen-bond donors (Lipinski definition) is 1. The van der Waals surface area contributed by atoms with Gasteiger partial charge in [0.05, 0.1) is 12.2 Å². The SMILES string of the molecule is CCNC(=O)CN(C)c1c(C#N)c(C)nn1C. The Bertz CT molecular complexity index is 457. The van der Waals surface area contributed by atoms with Crippen molar-refractivity contribution in [2.45, 2.75) is 13.8 Å². The second-order valence-electron chi connectivity index (χ2n) is 3.83. The monoisotopic (exact) mass is 235 g/mol. The Labute approximate surface area is 101 Å². The predicted octanol–water partition coefficient (Wildman–Crippen LogP) is 0.172. The Morgan fingerprint density at radius 3 is 2.82 bits per heavy atom. The van der Waals surface area contributed by atoms with Crippen LogP contribution in [0.25, 0.3) is 0 Å². The fourth-order valence-corrected chi connectivity index (χ4v) is 1.76. The number of likely N-dealkylation sites (N-methyl/N-ethyl adjacent to an activating group) is 2. The minimum atomic E-state index is -0.0715. The van der Waals surface area contributed by atoms with E-state index in [0.717, 1.165) is 0 Å². The van der Waals surface area contributed by atoms with Crippen LogP contribution in [0.4, 0.5) is 5.82 Å². The molecule has 0 aliphatic rings. The third-order valence-electron chi connectivity index (χ3n) is 2.42. The summed E-state index contributed by atoms with van der Waals surface area (Å²) in [6.45, 7) is 4.46. The first kappa shape index (κ1) is 13.0. The molecule has 92 valence electrons. The molecular formula is C11H17N5O. The van der Waals surface area contributed by atoms with Crippen LogP contribution in [0.2, 0.25) is 0 Å². The van der Waals surface area contributed by atoms with Crippen LogP contribution in [0.5, 0.6) is 0 Å². The van der Waals surface area contributed by atoms with Crippen LogP contribution in [-0.4, -0.2) is 35.8 Å². The number of aromatic nitrogens is 2. The smallest absolute Gasteiger partial charge is 0.239 e. The van der Waals surface area contributed by atoms with Crippen molar-refractivity contribution < 1.29 is 4.79 Å². The zero-order valence-electron chi connectivity index (χ0n) is 10.6. The molecule has 0 radical (unpaired) electrons. The fourth-order valence-electron chi connectivity index (χ4n) is 1.76. The highest BCUT2D eigenvalue weighted by Gasteiger charge is 2.18. The van der Waals surface area contributed by atoms with Crippen LogP contribution in [0.15, 0.2) is 0 Å². The molecule has 0 aliphatic heterocycles. The molecule has 6 heteroatoms. The number of carbonyl (C=O) groups excluding carboxylic acids is 1. The number of carbonyl (C=O) groups is 1. The molecule has 0 fully saturated rings. The molecule has 0 bridgehead atoms. The number of rotatable bonds is 4. The summed E-state index contributed by atoms with van der Waals surface area (Å²) in [5, 5.41) is 16.0. The van der Waals surface area contributed by atoms with Gasteiger partial charge in [0, 0.05) is 20.6 Å². The standard InChI is InChI=1S/C11H17N5O/c1-5-13-10(17)7-15(3)11-9(6-12)8(2)14-16(11)4/h5,7H2,1-4H3,(H,13,17). The molecule has 17 heavy (non-hydrogen) atoms. The lowest BCUT2D eigenvalue weighted by molar-refractivity contribution is -0.119. The van der Waals surface area contributed by atoms with Gasteiger partial charge in [-0.15, -0.1) is 0 Å². The highest BCUT2D eigenvalue weighted by molar-refractivity contribution is 5.81. The number of aryl methyl sites for hydroxylation is 2. The predicted molar refractivity (Wildman–Crippen MR) is 64.6 cm³/mol. The van der Waals surface area contributed by atoms with Gasteiger partial charge in [0.25, 0.3) is 0 Å². The van der Waals surface area contributed by atoms with E-state index in [-0.39, 0.29) is 12.5 Å². The van der Waals surface area contributed by atoms with Crippen LogP contribution in [-0.2, 0) is 11.8 Å². The van der Waals surface area contributed by atoms with E-state index in [2.05, 4.69) is 16.5 Å². The molecule has 1 aromatic heterocycles. The maximum atomic E-state index is 11.5. The highest BCUT2D eigenvalue weighted by Crippen LogP contribution is 2.20. The Kier molecular flexibility index (Phi) is 4.10. The second-order valence-corrected chi connectivity index (χ2v) is 3.83. The van der Waals surface area contributed by atoms with Crippen molar-refractivity contribution in [1.82, 2.24) is 15.1 Å². The molecule has 0 saturated heterocycles. The van der Waals surface area contributed by atoms with Crippen molar-refractivity contribution in [2.75, 3.05) is 25.0 Å². The van der Waals surface area contributed by atoms with E-state index < -0.39 is 0 Å². The van der Waals surface area contributed by atoms with E-state index in [1.165, 1.54) is 0 Å². The number of nitrogens with zero attached hydrogens (tertiary/aromatic N) is 4. The van der Waals surface area contributed by atoms with Gasteiger partial charge >= 0.3 is 0 Å². The molecule has 6 nitrogen and oxygen atoms in total. The lowest BCUT2D eigenvalue weighted by Gasteiger charge is -2.18. The van der Waals surface area contributed by atoms with E-state index in [4.69, 9.17) is 5.26 Å². The molecule has 1 heterocycles. The average Bonchev–Trinajstić information content (AvgIpc) is 2.52. The largest absolute Gasteiger partial charge is 0.355 e. The van der Waals surface area contributed by atoms with Gasteiger partial charge in [0.15, 0.2) is 0 Å². The number of anilines is 1. The van der Waals surface area contributed by atoms with E-state index >= 15 is 0 Å². The van der Waals surface area contributed by atoms with Crippen molar-refractivity contribution in [3.05, 3.63) is 11.3 Å². The Morgan fingerprint density at radius 2 is 2.29 bits per heavy atom. The van der Waals surface area contributed by atoms with E-state index in [1.54, 1.807) is 30.6 Å². The number of amides is 1. The molecule has 0 aliphatic carbocycles. The molecule has 1 amide bonds. The molecule has 0 aromatic carbocycles. The van der Waals surface area contributed by atoms with Crippen LogP contribution < -0.4 is 10.2 Å². The van der Waals surface area contributed by atoms with Crippen molar-refractivity contribution in [2.24, 2.45) is 7.05 Å². The highest BCUT2D eigenvalue weighted by atomic mass is 16.2. The Morgan fingerprint density at radius 1 is 1.65 bits per heavy atom. The summed E-state index contributed by atoms with van der Waals surface area (Å²) in [5.41, 5.74) is 1.19. The van der Waals surface area contributed by atoms with E-state index in [9.17, 15) is 4.79 Å². The number of nitrogens with one attached hydrogen (secondary N) is 1. The van der Waals surface area contributed by atoms with E-state index in [1.807, 2.05) is 6.92 Å². The first-order chi connectivity index (χ1) is 8.01. The van der Waals surface area contributed by atoms with Crippen LogP contribution in [0, 0.1) is 18.3 Å². The summed E-state index contributed by atoms with van der Waals surface area (Å²) in [4.78, 5) is 13.2. The maximum Gasteiger partial charge on any atom is 0.239 e. The van der Waals surface area contributed by atoms with Crippen LogP contribution in [0.1, 0.15) is 18.2 Å². The molecule has 0 saturated carbocycles. The average molecular weight is 235 g/mol. The lowest BCUT2D eigenvalue weighted by Crippen LogP contribution is -2.36. The molecule has 0 spiro atoms. The molecule has 0 unspecified atom stereocenters. The van der Waals surface area contributed by atoms with Crippen LogP contribution >= 0.6 is 0 Å². The van der Waals surface area contributed by atoms with Gasteiger partial charge in [-0.05, 0) is 13.8 Å². The number of nitriles is 1. The van der Waals surface area contributed by atoms with Gasteiger partial charge in [-0.2, -0.15) is 10.4 Å². The van der Waals surface area contributed by atoms with E-state index in [0.29, 0.717) is 23.6 Å². The summed E-state index contributed by atoms with van der Waals surface area (Å²) < 4.78 is 1.62. The number of hydrogen-bond acceptors (Lipinski definition) is 4. The zero-order chi connectivity index (χ0) is 13.0. The Hall–Kier alpha value is -2.03. The van der Waals surface area contributed by atoms with Gasteiger partial charge in [-0.25, -0.2) is 0 Å². The lowest BCUT2D eigenvalue weighted by atomic mass is 10.2. The summed E-state index contributed by atoms with van der Waals surface area (Å²) in [7, 11) is 3.53. The normalized spacial score (nSPS) is 9.82. The third kappa shape index (κ3) is 2.75. The zero-order valence-corrected chi connectivity index (χ0v) is 10.6. The van der Waals surface area contributed by atoms with Crippen molar-refractivity contribution in [1.29, 1.82) is 5.26 Å². The van der Waals surface area contributed by atoms with Crippen molar-refractivity contribution in [3.63, 3.8) is 0 Å². The third-order valence-corrected chi connectivity index (χ3v) is 2.42. The van der Waals surface area contributed by atoms with Crippen molar-refractivity contribution >= 4 is 11.7 Å².